The molecule has 2 aromatic rings. The van der Waals surface area contributed by atoms with Crippen LogP contribution < -0.4 is 15.4 Å². The number of carbonyl (C=O) groups excluding carboxylic acids is 2. The molecule has 1 fully saturated rings. The Morgan fingerprint density at radius 2 is 1.43 bits per heavy atom. The summed E-state index contributed by atoms with van der Waals surface area (Å²) >= 11 is 0. The number of para-hydroxylation sites is 1. The molecule has 5 heteroatoms. The zero-order chi connectivity index (χ0) is 20.1. The molecular weight excluding hydrogens is 352 g/mol. The first kappa shape index (κ1) is 19.9. The van der Waals surface area contributed by atoms with E-state index in [0.717, 1.165) is 29.7 Å². The summed E-state index contributed by atoms with van der Waals surface area (Å²) in [6.07, 6.45) is 2.87. The van der Waals surface area contributed by atoms with Crippen LogP contribution in [0.2, 0.25) is 0 Å². The molecule has 0 unspecified atom stereocenters. The average Bonchev–Trinajstić information content (AvgIpc) is 2.70. The van der Waals surface area contributed by atoms with Crippen LogP contribution in [0, 0.1) is 25.7 Å². The van der Waals surface area contributed by atoms with Crippen molar-refractivity contribution in [3.05, 3.63) is 53.6 Å². The molecule has 2 N–H and O–H groups in total. The predicted octanol–water partition coefficient (Wildman–Crippen LogP) is 4.70. The van der Waals surface area contributed by atoms with Crippen LogP contribution in [-0.2, 0) is 9.59 Å². The van der Waals surface area contributed by atoms with E-state index in [1.165, 1.54) is 0 Å². The first-order chi connectivity index (χ1) is 13.5. The van der Waals surface area contributed by atoms with Crippen LogP contribution >= 0.6 is 0 Å². The summed E-state index contributed by atoms with van der Waals surface area (Å²) in [5, 5.41) is 6.03. The lowest BCUT2D eigenvalue weighted by atomic mass is 9.81. The van der Waals surface area contributed by atoms with Crippen LogP contribution in [0.5, 0.6) is 5.75 Å². The van der Waals surface area contributed by atoms with E-state index in [1.807, 2.05) is 56.3 Å². The SMILES string of the molecule is COc1ccc(C)cc1NC(=O)C1CCC(C(=O)Nc2ccccc2C)CC1. The van der Waals surface area contributed by atoms with E-state index in [9.17, 15) is 9.59 Å². The van der Waals surface area contributed by atoms with Crippen molar-refractivity contribution in [2.75, 3.05) is 17.7 Å². The van der Waals surface area contributed by atoms with Crippen molar-refractivity contribution in [2.45, 2.75) is 39.5 Å². The maximum absolute atomic E-state index is 12.7. The molecule has 0 radical (unpaired) electrons. The van der Waals surface area contributed by atoms with Crippen LogP contribution in [0.15, 0.2) is 42.5 Å². The number of hydrogen-bond acceptors (Lipinski definition) is 3. The minimum absolute atomic E-state index is 0.00154. The highest BCUT2D eigenvalue weighted by Gasteiger charge is 2.30. The lowest BCUT2D eigenvalue weighted by Crippen LogP contribution is -2.32. The maximum atomic E-state index is 12.7. The van der Waals surface area contributed by atoms with E-state index in [2.05, 4.69) is 10.6 Å². The molecule has 0 heterocycles. The third-order valence-corrected chi connectivity index (χ3v) is 5.48. The molecule has 1 saturated carbocycles. The van der Waals surface area contributed by atoms with Gasteiger partial charge in [-0.15, -0.1) is 0 Å². The Morgan fingerprint density at radius 3 is 2.00 bits per heavy atom. The topological polar surface area (TPSA) is 67.4 Å². The molecule has 0 aromatic heterocycles. The summed E-state index contributed by atoms with van der Waals surface area (Å²) in [4.78, 5) is 25.3. The standard InChI is InChI=1S/C23H28N2O3/c1-15-8-13-21(28-3)20(14-15)25-23(27)18-11-9-17(10-12-18)22(26)24-19-7-5-4-6-16(19)2/h4-8,13-14,17-18H,9-12H2,1-3H3,(H,24,26)(H,25,27). The molecule has 5 nitrogen and oxygen atoms in total. The molecule has 0 aliphatic heterocycles. The largest absolute Gasteiger partial charge is 0.495 e. The number of methoxy groups -OCH3 is 1. The Bertz CT molecular complexity index is 855. The highest BCUT2D eigenvalue weighted by molar-refractivity contribution is 5.95. The van der Waals surface area contributed by atoms with Gasteiger partial charge in [-0.2, -0.15) is 0 Å². The second-order valence-corrected chi connectivity index (χ2v) is 7.55. The van der Waals surface area contributed by atoms with E-state index < -0.39 is 0 Å². The van der Waals surface area contributed by atoms with Gasteiger partial charge in [0.1, 0.15) is 5.75 Å². The highest BCUT2D eigenvalue weighted by Crippen LogP contribution is 2.32. The predicted molar refractivity (Wildman–Crippen MR) is 112 cm³/mol. The van der Waals surface area contributed by atoms with Gasteiger partial charge in [0.2, 0.25) is 11.8 Å². The Kier molecular flexibility index (Phi) is 6.34. The van der Waals surface area contributed by atoms with E-state index in [-0.39, 0.29) is 23.7 Å². The summed E-state index contributed by atoms with van der Waals surface area (Å²) in [6.45, 7) is 3.96. The van der Waals surface area contributed by atoms with Gasteiger partial charge < -0.3 is 15.4 Å². The van der Waals surface area contributed by atoms with E-state index in [4.69, 9.17) is 4.74 Å². The van der Waals surface area contributed by atoms with Crippen molar-refractivity contribution in [1.82, 2.24) is 0 Å². The third-order valence-electron chi connectivity index (χ3n) is 5.48. The summed E-state index contributed by atoms with van der Waals surface area (Å²) < 4.78 is 5.34. The van der Waals surface area contributed by atoms with Gasteiger partial charge in [-0.1, -0.05) is 24.3 Å². The number of benzene rings is 2. The zero-order valence-electron chi connectivity index (χ0n) is 16.7. The smallest absolute Gasteiger partial charge is 0.227 e. The van der Waals surface area contributed by atoms with Crippen LogP contribution in [0.25, 0.3) is 0 Å². The van der Waals surface area contributed by atoms with Gasteiger partial charge in [0.25, 0.3) is 0 Å². The van der Waals surface area contributed by atoms with E-state index >= 15 is 0 Å². The average molecular weight is 380 g/mol. The number of anilines is 2. The van der Waals surface area contributed by atoms with Crippen molar-refractivity contribution in [1.29, 1.82) is 0 Å². The van der Waals surface area contributed by atoms with Crippen molar-refractivity contribution in [3.8, 4) is 5.75 Å². The van der Waals surface area contributed by atoms with Crippen LogP contribution in [-0.4, -0.2) is 18.9 Å². The molecule has 0 saturated heterocycles. The maximum Gasteiger partial charge on any atom is 0.227 e. The molecule has 2 aromatic carbocycles. The summed E-state index contributed by atoms with van der Waals surface area (Å²) in [6, 6.07) is 13.5. The van der Waals surface area contributed by atoms with Crippen LogP contribution in [0.1, 0.15) is 36.8 Å². The molecule has 0 bridgehead atoms. The van der Waals surface area contributed by atoms with E-state index in [0.29, 0.717) is 24.3 Å². The minimum Gasteiger partial charge on any atom is -0.495 e. The molecule has 0 spiro atoms. The molecule has 3 rings (SSSR count). The number of aryl methyl sites for hydroxylation is 2. The van der Waals surface area contributed by atoms with Crippen LogP contribution in [0.4, 0.5) is 11.4 Å². The number of hydrogen-bond donors (Lipinski definition) is 2. The molecule has 148 valence electrons. The Labute approximate surface area is 166 Å². The Morgan fingerprint density at radius 1 is 0.857 bits per heavy atom. The number of amides is 2. The van der Waals surface area contributed by atoms with Crippen molar-refractivity contribution >= 4 is 23.2 Å². The van der Waals surface area contributed by atoms with Gasteiger partial charge in [0.05, 0.1) is 12.8 Å². The summed E-state index contributed by atoms with van der Waals surface area (Å²) in [5.74, 6) is 0.588. The van der Waals surface area contributed by atoms with Gasteiger partial charge >= 0.3 is 0 Å². The molecule has 0 atom stereocenters. The quantitative estimate of drug-likeness (QED) is 0.790. The third kappa shape index (κ3) is 4.71. The fourth-order valence-electron chi connectivity index (χ4n) is 3.72. The van der Waals surface area contributed by atoms with Gasteiger partial charge in [-0.05, 0) is 68.9 Å². The number of ether oxygens (including phenoxy) is 1. The van der Waals surface area contributed by atoms with Crippen molar-refractivity contribution in [3.63, 3.8) is 0 Å². The highest BCUT2D eigenvalue weighted by atomic mass is 16.5. The molecule has 28 heavy (non-hydrogen) atoms. The van der Waals surface area contributed by atoms with Crippen LogP contribution in [0.3, 0.4) is 0 Å². The summed E-state index contributed by atoms with van der Waals surface area (Å²) in [7, 11) is 1.60. The van der Waals surface area contributed by atoms with Gasteiger partial charge in [0, 0.05) is 17.5 Å². The number of rotatable bonds is 5. The second-order valence-electron chi connectivity index (χ2n) is 7.55. The number of nitrogens with one attached hydrogen (secondary N) is 2. The fraction of sp³-hybridized carbons (Fsp3) is 0.391. The van der Waals surface area contributed by atoms with Crippen molar-refractivity contribution < 1.29 is 14.3 Å². The lowest BCUT2D eigenvalue weighted by molar-refractivity contribution is -0.125. The monoisotopic (exact) mass is 380 g/mol. The first-order valence-corrected chi connectivity index (χ1v) is 9.80. The molecule has 1 aliphatic rings. The number of carbonyl (C=O) groups is 2. The molecular formula is C23H28N2O3. The first-order valence-electron chi connectivity index (χ1n) is 9.80. The fourth-order valence-corrected chi connectivity index (χ4v) is 3.72. The zero-order valence-corrected chi connectivity index (χ0v) is 16.7. The van der Waals surface area contributed by atoms with Crippen molar-refractivity contribution in [2.24, 2.45) is 11.8 Å². The van der Waals surface area contributed by atoms with E-state index in [1.54, 1.807) is 7.11 Å². The lowest BCUT2D eigenvalue weighted by Gasteiger charge is -2.27. The normalized spacial score (nSPS) is 19.0. The Hall–Kier alpha value is -2.82. The van der Waals surface area contributed by atoms with Gasteiger partial charge in [0.15, 0.2) is 0 Å². The molecule has 1 aliphatic carbocycles. The van der Waals surface area contributed by atoms with Gasteiger partial charge in [-0.3, -0.25) is 9.59 Å². The minimum atomic E-state index is -0.0762. The van der Waals surface area contributed by atoms with Gasteiger partial charge in [-0.25, -0.2) is 0 Å². The second kappa shape index (κ2) is 8.91. The Balaban J connectivity index is 1.55. The summed E-state index contributed by atoms with van der Waals surface area (Å²) in [5.41, 5.74) is 3.68. The molecule has 2 amide bonds.